The van der Waals surface area contributed by atoms with Crippen LogP contribution in [0.2, 0.25) is 0 Å². The monoisotopic (exact) mass is 200 g/mol. The molecule has 86 valence electrons. The number of hydrogen-bond donors (Lipinski definition) is 2. The van der Waals surface area contributed by atoms with Crippen LogP contribution < -0.4 is 11.3 Å². The van der Waals surface area contributed by atoms with E-state index in [1.54, 1.807) is 0 Å². The van der Waals surface area contributed by atoms with Crippen LogP contribution >= 0.6 is 0 Å². The molecule has 0 aromatic rings. The second-order valence-electron chi connectivity index (χ2n) is 5.76. The zero-order valence-electron chi connectivity index (χ0n) is 10.6. The van der Waals surface area contributed by atoms with Crippen molar-refractivity contribution in [2.24, 2.45) is 17.2 Å². The lowest BCUT2D eigenvalue weighted by molar-refractivity contribution is 0.274. The summed E-state index contributed by atoms with van der Waals surface area (Å²) in [6, 6.07) is 0.469. The third-order valence-corrected chi connectivity index (χ3v) is 2.56. The van der Waals surface area contributed by atoms with Crippen molar-refractivity contribution in [3.05, 3.63) is 0 Å². The molecule has 0 bridgehead atoms. The van der Waals surface area contributed by atoms with Crippen LogP contribution in [0.15, 0.2) is 0 Å². The van der Waals surface area contributed by atoms with Gasteiger partial charge in [0.25, 0.3) is 0 Å². The molecule has 0 spiro atoms. The Morgan fingerprint density at radius 1 is 1.29 bits per heavy atom. The topological polar surface area (TPSA) is 38.0 Å². The first-order chi connectivity index (χ1) is 6.39. The smallest absolute Gasteiger partial charge is 0.0218 e. The average molecular weight is 200 g/mol. The van der Waals surface area contributed by atoms with Crippen LogP contribution in [0.5, 0.6) is 0 Å². The summed E-state index contributed by atoms with van der Waals surface area (Å²) in [5.74, 6) is 6.36. The molecular weight excluding hydrogens is 172 g/mol. The molecule has 3 N–H and O–H groups in total. The van der Waals surface area contributed by atoms with Crippen molar-refractivity contribution < 1.29 is 0 Å². The summed E-state index contributed by atoms with van der Waals surface area (Å²) in [5.41, 5.74) is 3.31. The molecule has 0 saturated carbocycles. The van der Waals surface area contributed by atoms with E-state index >= 15 is 0 Å². The second kappa shape index (κ2) is 6.41. The van der Waals surface area contributed by atoms with E-state index in [1.807, 2.05) is 0 Å². The molecular formula is C12H28N2. The molecule has 0 aliphatic carbocycles. The molecule has 14 heavy (non-hydrogen) atoms. The molecule has 0 saturated heterocycles. The first kappa shape index (κ1) is 13.9. The molecule has 0 fully saturated rings. The van der Waals surface area contributed by atoms with Gasteiger partial charge in [-0.05, 0) is 24.2 Å². The zero-order valence-corrected chi connectivity index (χ0v) is 10.6. The molecule has 0 aromatic carbocycles. The fraction of sp³-hybridized carbons (Fsp3) is 1.00. The van der Waals surface area contributed by atoms with E-state index in [0.717, 1.165) is 12.3 Å². The summed E-state index contributed by atoms with van der Waals surface area (Å²) in [5, 5.41) is 0. The Bertz CT molecular complexity index is 138. The van der Waals surface area contributed by atoms with Crippen LogP contribution in [-0.4, -0.2) is 6.04 Å². The Labute approximate surface area is 89.6 Å². The van der Waals surface area contributed by atoms with Crippen LogP contribution in [0.1, 0.15) is 60.3 Å². The number of nitrogens with one attached hydrogen (secondary N) is 1. The fourth-order valence-electron chi connectivity index (χ4n) is 2.05. The normalized spacial score (nSPS) is 16.7. The zero-order chi connectivity index (χ0) is 11.2. The van der Waals surface area contributed by atoms with Gasteiger partial charge in [-0.1, -0.05) is 47.5 Å². The lowest BCUT2D eigenvalue weighted by atomic mass is 9.84. The van der Waals surface area contributed by atoms with Gasteiger partial charge in [-0.2, -0.15) is 0 Å². The van der Waals surface area contributed by atoms with Gasteiger partial charge in [0.05, 0.1) is 0 Å². The highest BCUT2D eigenvalue weighted by Crippen LogP contribution is 2.24. The van der Waals surface area contributed by atoms with Gasteiger partial charge in [-0.3, -0.25) is 11.3 Å². The largest absolute Gasteiger partial charge is 0.271 e. The quantitative estimate of drug-likeness (QED) is 0.511. The number of hydrogen-bond acceptors (Lipinski definition) is 2. The molecule has 0 amide bonds. The predicted octanol–water partition coefficient (Wildman–Crippen LogP) is 3.08. The van der Waals surface area contributed by atoms with Crippen molar-refractivity contribution in [1.82, 2.24) is 5.43 Å². The average Bonchev–Trinajstić information content (AvgIpc) is 2.01. The molecule has 2 nitrogen and oxygen atoms in total. The standard InChI is InChI=1S/C12H28N2/c1-6-7-10(2)8-11(14-13)9-12(3,4)5/h10-11,14H,6-9,13H2,1-5H3. The van der Waals surface area contributed by atoms with Crippen LogP contribution in [-0.2, 0) is 0 Å². The van der Waals surface area contributed by atoms with E-state index in [2.05, 4.69) is 40.0 Å². The molecule has 0 radical (unpaired) electrons. The van der Waals surface area contributed by atoms with E-state index in [4.69, 9.17) is 5.84 Å². The number of rotatable bonds is 6. The van der Waals surface area contributed by atoms with Crippen LogP contribution in [0.4, 0.5) is 0 Å². The van der Waals surface area contributed by atoms with E-state index < -0.39 is 0 Å². The molecule has 2 atom stereocenters. The van der Waals surface area contributed by atoms with Crippen molar-refractivity contribution in [3.63, 3.8) is 0 Å². The summed E-state index contributed by atoms with van der Waals surface area (Å²) < 4.78 is 0. The van der Waals surface area contributed by atoms with Crippen LogP contribution in [0.3, 0.4) is 0 Å². The van der Waals surface area contributed by atoms with Gasteiger partial charge in [0.15, 0.2) is 0 Å². The van der Waals surface area contributed by atoms with Gasteiger partial charge in [0, 0.05) is 6.04 Å². The highest BCUT2D eigenvalue weighted by atomic mass is 15.2. The molecule has 2 heteroatoms. The SMILES string of the molecule is CCCC(C)CC(CC(C)(C)C)NN. The van der Waals surface area contributed by atoms with Gasteiger partial charge >= 0.3 is 0 Å². The molecule has 0 heterocycles. The highest BCUT2D eigenvalue weighted by Gasteiger charge is 2.19. The first-order valence-electron chi connectivity index (χ1n) is 5.85. The van der Waals surface area contributed by atoms with E-state index in [-0.39, 0.29) is 0 Å². The number of nitrogens with two attached hydrogens (primary N) is 1. The second-order valence-corrected chi connectivity index (χ2v) is 5.76. The highest BCUT2D eigenvalue weighted by molar-refractivity contribution is 4.74. The van der Waals surface area contributed by atoms with Crippen molar-refractivity contribution in [2.75, 3.05) is 0 Å². The Balaban J connectivity index is 3.90. The minimum absolute atomic E-state index is 0.364. The van der Waals surface area contributed by atoms with Crippen molar-refractivity contribution in [1.29, 1.82) is 0 Å². The Kier molecular flexibility index (Phi) is 6.38. The predicted molar refractivity (Wildman–Crippen MR) is 63.9 cm³/mol. The van der Waals surface area contributed by atoms with Crippen molar-refractivity contribution >= 4 is 0 Å². The van der Waals surface area contributed by atoms with Gasteiger partial charge in [-0.25, -0.2) is 0 Å². The lowest BCUT2D eigenvalue weighted by Gasteiger charge is -2.27. The minimum atomic E-state index is 0.364. The summed E-state index contributed by atoms with van der Waals surface area (Å²) >= 11 is 0. The molecule has 0 aliphatic heterocycles. The van der Waals surface area contributed by atoms with Crippen molar-refractivity contribution in [3.8, 4) is 0 Å². The van der Waals surface area contributed by atoms with E-state index in [1.165, 1.54) is 19.3 Å². The molecule has 2 unspecified atom stereocenters. The van der Waals surface area contributed by atoms with Gasteiger partial charge in [0.1, 0.15) is 0 Å². The molecule has 0 aliphatic rings. The number of hydrazine groups is 1. The fourth-order valence-corrected chi connectivity index (χ4v) is 2.05. The summed E-state index contributed by atoms with van der Waals surface area (Å²) in [6.45, 7) is 11.4. The first-order valence-corrected chi connectivity index (χ1v) is 5.85. The minimum Gasteiger partial charge on any atom is -0.271 e. The van der Waals surface area contributed by atoms with Gasteiger partial charge in [0.2, 0.25) is 0 Å². The summed E-state index contributed by atoms with van der Waals surface area (Å²) in [7, 11) is 0. The van der Waals surface area contributed by atoms with Crippen LogP contribution in [0, 0.1) is 11.3 Å². The van der Waals surface area contributed by atoms with Crippen molar-refractivity contribution in [2.45, 2.75) is 66.3 Å². The third-order valence-electron chi connectivity index (χ3n) is 2.56. The Hall–Kier alpha value is -0.0800. The molecule has 0 rings (SSSR count). The maximum atomic E-state index is 5.57. The maximum absolute atomic E-state index is 5.57. The maximum Gasteiger partial charge on any atom is 0.0218 e. The summed E-state index contributed by atoms with van der Waals surface area (Å²) in [6.07, 6.45) is 4.93. The lowest BCUT2D eigenvalue weighted by Crippen LogP contribution is -2.39. The van der Waals surface area contributed by atoms with Gasteiger partial charge < -0.3 is 0 Å². The summed E-state index contributed by atoms with van der Waals surface area (Å²) in [4.78, 5) is 0. The van der Waals surface area contributed by atoms with E-state index in [0.29, 0.717) is 11.5 Å². The molecule has 0 aromatic heterocycles. The Morgan fingerprint density at radius 2 is 1.86 bits per heavy atom. The Morgan fingerprint density at radius 3 is 2.21 bits per heavy atom. The van der Waals surface area contributed by atoms with Gasteiger partial charge in [-0.15, -0.1) is 0 Å². The van der Waals surface area contributed by atoms with Crippen LogP contribution in [0.25, 0.3) is 0 Å². The van der Waals surface area contributed by atoms with E-state index in [9.17, 15) is 0 Å². The third kappa shape index (κ3) is 7.34.